The average Bonchev–Trinajstić information content (AvgIpc) is 2.57. The van der Waals surface area contributed by atoms with Crippen LogP contribution >= 0.6 is 11.8 Å². The number of thioether (sulfide) groups is 1. The van der Waals surface area contributed by atoms with Crippen molar-refractivity contribution >= 4 is 17.7 Å². The molecule has 1 aromatic heterocycles. The third-order valence-electron chi connectivity index (χ3n) is 2.25. The Balaban J connectivity index is 2.88. The first kappa shape index (κ1) is 15.0. The predicted molar refractivity (Wildman–Crippen MR) is 71.8 cm³/mol. The number of hydrogen-bond donors (Lipinski definition) is 1. The summed E-state index contributed by atoms with van der Waals surface area (Å²) < 4.78 is 2.04. The molecule has 1 heterocycles. The van der Waals surface area contributed by atoms with E-state index in [1.165, 1.54) is 11.8 Å². The maximum Gasteiger partial charge on any atom is 0.313 e. The van der Waals surface area contributed by atoms with E-state index in [1.807, 2.05) is 4.57 Å². The van der Waals surface area contributed by atoms with Gasteiger partial charge in [-0.1, -0.05) is 39.5 Å². The molecule has 102 valence electrons. The first-order valence-corrected chi connectivity index (χ1v) is 7.08. The van der Waals surface area contributed by atoms with Crippen molar-refractivity contribution in [2.24, 2.45) is 5.41 Å². The van der Waals surface area contributed by atoms with Crippen molar-refractivity contribution in [2.75, 3.05) is 5.75 Å². The van der Waals surface area contributed by atoms with Gasteiger partial charge in [0.2, 0.25) is 0 Å². The molecule has 6 heteroatoms. The van der Waals surface area contributed by atoms with Gasteiger partial charge < -0.3 is 9.67 Å². The van der Waals surface area contributed by atoms with Gasteiger partial charge in [-0.25, -0.2) is 0 Å². The van der Waals surface area contributed by atoms with Gasteiger partial charge in [0.1, 0.15) is 5.82 Å². The second-order valence-corrected chi connectivity index (χ2v) is 6.41. The highest BCUT2D eigenvalue weighted by Crippen LogP contribution is 2.23. The fourth-order valence-corrected chi connectivity index (χ4v) is 2.31. The van der Waals surface area contributed by atoms with E-state index in [9.17, 15) is 4.79 Å². The molecular formula is C12H21N3O2S. The quantitative estimate of drug-likeness (QED) is 0.805. The van der Waals surface area contributed by atoms with Crippen molar-refractivity contribution in [1.82, 2.24) is 14.8 Å². The normalized spacial score (nSPS) is 11.8. The van der Waals surface area contributed by atoms with E-state index in [4.69, 9.17) is 5.11 Å². The molecule has 0 fully saturated rings. The molecule has 0 aliphatic carbocycles. The minimum atomic E-state index is -0.830. The summed E-state index contributed by atoms with van der Waals surface area (Å²) in [5.74, 6) is 0.137. The molecule has 0 saturated carbocycles. The molecule has 0 saturated heterocycles. The summed E-state index contributed by atoms with van der Waals surface area (Å²) in [6.07, 6.45) is 1.82. The van der Waals surface area contributed by atoms with Gasteiger partial charge >= 0.3 is 5.97 Å². The van der Waals surface area contributed by atoms with E-state index in [-0.39, 0.29) is 11.2 Å². The molecule has 18 heavy (non-hydrogen) atoms. The average molecular weight is 271 g/mol. The van der Waals surface area contributed by atoms with Crippen molar-refractivity contribution in [3.63, 3.8) is 0 Å². The molecule has 0 aromatic carbocycles. The second-order valence-electron chi connectivity index (χ2n) is 5.47. The SMILES string of the molecule is CCCn1c(CC(C)(C)C)nnc1SCC(=O)O. The van der Waals surface area contributed by atoms with E-state index in [1.54, 1.807) is 0 Å². The molecule has 0 radical (unpaired) electrons. The van der Waals surface area contributed by atoms with E-state index in [2.05, 4.69) is 37.9 Å². The molecule has 0 amide bonds. The van der Waals surface area contributed by atoms with Crippen LogP contribution in [0.25, 0.3) is 0 Å². The summed E-state index contributed by atoms with van der Waals surface area (Å²) in [6, 6.07) is 0. The Hall–Kier alpha value is -1.04. The molecule has 0 unspecified atom stereocenters. The lowest BCUT2D eigenvalue weighted by molar-refractivity contribution is -0.133. The molecule has 5 nitrogen and oxygen atoms in total. The van der Waals surface area contributed by atoms with Crippen LogP contribution in [0.2, 0.25) is 0 Å². The predicted octanol–water partition coefficient (Wildman–Crippen LogP) is 2.45. The highest BCUT2D eigenvalue weighted by molar-refractivity contribution is 7.99. The van der Waals surface area contributed by atoms with Crippen LogP contribution < -0.4 is 0 Å². The van der Waals surface area contributed by atoms with Gasteiger partial charge in [0.15, 0.2) is 5.16 Å². The van der Waals surface area contributed by atoms with Gasteiger partial charge in [-0.2, -0.15) is 0 Å². The van der Waals surface area contributed by atoms with E-state index in [0.717, 1.165) is 25.2 Å². The third kappa shape index (κ3) is 4.68. The van der Waals surface area contributed by atoms with Gasteiger partial charge in [-0.3, -0.25) is 4.79 Å². The van der Waals surface area contributed by atoms with Crippen LogP contribution in [0.4, 0.5) is 0 Å². The van der Waals surface area contributed by atoms with Crippen LogP contribution in [0.1, 0.15) is 39.9 Å². The highest BCUT2D eigenvalue weighted by Gasteiger charge is 2.19. The van der Waals surface area contributed by atoms with Crippen molar-refractivity contribution < 1.29 is 9.90 Å². The first-order valence-electron chi connectivity index (χ1n) is 6.10. The number of aromatic nitrogens is 3. The zero-order chi connectivity index (χ0) is 13.8. The van der Waals surface area contributed by atoms with Gasteiger partial charge in [-0.15, -0.1) is 10.2 Å². The van der Waals surface area contributed by atoms with Gasteiger partial charge in [0, 0.05) is 13.0 Å². The molecule has 0 aliphatic heterocycles. The Labute approximate surface area is 112 Å². The molecule has 0 atom stereocenters. The number of rotatable bonds is 6. The highest BCUT2D eigenvalue weighted by atomic mass is 32.2. The third-order valence-corrected chi connectivity index (χ3v) is 3.21. The molecule has 1 N–H and O–H groups in total. The Kier molecular flexibility index (Phi) is 5.19. The second kappa shape index (κ2) is 6.22. The maximum absolute atomic E-state index is 10.6. The largest absolute Gasteiger partial charge is 0.481 e. The lowest BCUT2D eigenvalue weighted by Gasteiger charge is -2.18. The van der Waals surface area contributed by atoms with E-state index in [0.29, 0.717) is 5.16 Å². The molecule has 1 rings (SSSR count). The molecule has 0 aliphatic rings. The van der Waals surface area contributed by atoms with Gasteiger partial charge in [-0.05, 0) is 11.8 Å². The topological polar surface area (TPSA) is 68.0 Å². The molecular weight excluding hydrogens is 250 g/mol. The molecule has 1 aromatic rings. The number of nitrogens with zero attached hydrogens (tertiary/aromatic N) is 3. The van der Waals surface area contributed by atoms with Crippen LogP contribution in [0.3, 0.4) is 0 Å². The van der Waals surface area contributed by atoms with Crippen molar-refractivity contribution in [3.05, 3.63) is 5.82 Å². The van der Waals surface area contributed by atoms with Gasteiger partial charge in [0.05, 0.1) is 5.75 Å². The van der Waals surface area contributed by atoms with Crippen molar-refractivity contribution in [2.45, 2.75) is 52.2 Å². The smallest absolute Gasteiger partial charge is 0.313 e. The van der Waals surface area contributed by atoms with Crippen LogP contribution in [-0.2, 0) is 17.8 Å². The summed E-state index contributed by atoms with van der Waals surface area (Å²) in [7, 11) is 0. The van der Waals surface area contributed by atoms with E-state index >= 15 is 0 Å². The minimum absolute atomic E-state index is 0.0252. The Morgan fingerprint density at radius 3 is 2.56 bits per heavy atom. The number of carboxylic acid groups (broad SMARTS) is 1. The first-order chi connectivity index (χ1) is 8.33. The zero-order valence-electron chi connectivity index (χ0n) is 11.4. The van der Waals surface area contributed by atoms with E-state index < -0.39 is 5.97 Å². The number of carbonyl (C=O) groups is 1. The number of hydrogen-bond acceptors (Lipinski definition) is 4. The summed E-state index contributed by atoms with van der Waals surface area (Å²) in [5, 5.41) is 17.7. The Morgan fingerprint density at radius 2 is 2.06 bits per heavy atom. The lowest BCUT2D eigenvalue weighted by atomic mass is 9.92. The fraction of sp³-hybridized carbons (Fsp3) is 0.750. The Bertz CT molecular complexity index is 410. The van der Waals surface area contributed by atoms with Crippen LogP contribution in [-0.4, -0.2) is 31.6 Å². The standard InChI is InChI=1S/C12H21N3O2S/c1-5-6-15-9(7-12(2,3)4)13-14-11(15)18-8-10(16)17/h5-8H2,1-4H3,(H,16,17). The maximum atomic E-state index is 10.6. The zero-order valence-corrected chi connectivity index (χ0v) is 12.3. The van der Waals surface area contributed by atoms with Crippen molar-refractivity contribution in [3.8, 4) is 0 Å². The summed E-state index contributed by atoms with van der Waals surface area (Å²) in [5.41, 5.74) is 0.146. The van der Waals surface area contributed by atoms with Crippen molar-refractivity contribution in [1.29, 1.82) is 0 Å². The van der Waals surface area contributed by atoms with Crippen LogP contribution in [0.15, 0.2) is 5.16 Å². The number of aliphatic carboxylic acids is 1. The summed E-state index contributed by atoms with van der Waals surface area (Å²) in [4.78, 5) is 10.6. The van der Waals surface area contributed by atoms with Crippen LogP contribution in [0.5, 0.6) is 0 Å². The number of carboxylic acids is 1. The van der Waals surface area contributed by atoms with Crippen LogP contribution in [0, 0.1) is 5.41 Å². The van der Waals surface area contributed by atoms with Gasteiger partial charge in [0.25, 0.3) is 0 Å². The monoisotopic (exact) mass is 271 g/mol. The molecule has 0 spiro atoms. The fourth-order valence-electron chi connectivity index (χ4n) is 1.61. The summed E-state index contributed by atoms with van der Waals surface area (Å²) in [6.45, 7) is 9.39. The lowest BCUT2D eigenvalue weighted by Crippen LogP contribution is -2.15. The minimum Gasteiger partial charge on any atom is -0.481 e. The molecule has 0 bridgehead atoms. The summed E-state index contributed by atoms with van der Waals surface area (Å²) >= 11 is 1.23. The Morgan fingerprint density at radius 1 is 1.39 bits per heavy atom.